The Morgan fingerprint density at radius 3 is 2.38 bits per heavy atom. The van der Waals surface area contributed by atoms with Gasteiger partial charge >= 0.3 is 6.09 Å². The first-order valence-corrected chi connectivity index (χ1v) is 9.29. The summed E-state index contributed by atoms with van der Waals surface area (Å²) < 4.78 is 20.4. The van der Waals surface area contributed by atoms with Gasteiger partial charge in [0.25, 0.3) is 0 Å². The van der Waals surface area contributed by atoms with E-state index in [1.807, 2.05) is 31.7 Å². The lowest BCUT2D eigenvalue weighted by Gasteiger charge is -2.37. The van der Waals surface area contributed by atoms with Gasteiger partial charge in [-0.3, -0.25) is 0 Å². The van der Waals surface area contributed by atoms with E-state index in [9.17, 15) is 9.18 Å². The van der Waals surface area contributed by atoms with Gasteiger partial charge in [0, 0.05) is 26.2 Å². The zero-order valence-corrected chi connectivity index (χ0v) is 17.2. The quantitative estimate of drug-likeness (QED) is 0.620. The molecule has 1 aromatic carbocycles. The minimum absolute atomic E-state index is 0.261. The van der Waals surface area contributed by atoms with Gasteiger partial charge in [-0.1, -0.05) is 6.07 Å². The molecule has 0 N–H and O–H groups in total. The number of amides is 1. The van der Waals surface area contributed by atoms with Crippen LogP contribution in [0.25, 0.3) is 6.08 Å². The number of hydrogen-bond donors (Lipinski definition) is 0. The van der Waals surface area contributed by atoms with Gasteiger partial charge < -0.3 is 14.5 Å². The number of carbonyl (C=O) groups is 1. The fourth-order valence-corrected chi connectivity index (χ4v) is 2.97. The number of nitrogens with zero attached hydrogens (tertiary/aromatic N) is 2. The average Bonchev–Trinajstić information content (AvgIpc) is 2.47. The molecule has 24 heavy (non-hydrogen) atoms. The Morgan fingerprint density at radius 1 is 1.21 bits per heavy atom. The van der Waals surface area contributed by atoms with Crippen LogP contribution in [-0.2, 0) is 4.74 Å². The van der Waals surface area contributed by atoms with Crippen LogP contribution in [0.1, 0.15) is 26.3 Å². The summed E-state index contributed by atoms with van der Waals surface area (Å²) in [6.45, 7) is 7.69. The molecule has 1 aliphatic heterocycles. The van der Waals surface area contributed by atoms with E-state index in [0.717, 1.165) is 8.96 Å². The van der Waals surface area contributed by atoms with Crippen LogP contribution in [0.2, 0.25) is 0 Å². The third-order valence-electron chi connectivity index (χ3n) is 3.52. The van der Waals surface area contributed by atoms with Crippen molar-refractivity contribution in [3.8, 4) is 0 Å². The van der Waals surface area contributed by atoms with E-state index in [1.54, 1.807) is 17.0 Å². The number of carbonyl (C=O) groups excluding carboxylic acids is 1. The summed E-state index contributed by atoms with van der Waals surface area (Å²) in [5, 5.41) is 0. The maximum atomic E-state index is 14.2. The van der Waals surface area contributed by atoms with E-state index in [0.29, 0.717) is 31.9 Å². The van der Waals surface area contributed by atoms with Gasteiger partial charge in [-0.2, -0.15) is 0 Å². The zero-order valence-electron chi connectivity index (χ0n) is 14.0. The summed E-state index contributed by atoms with van der Waals surface area (Å²) in [4.78, 5) is 15.7. The van der Waals surface area contributed by atoms with E-state index < -0.39 is 5.60 Å². The van der Waals surface area contributed by atoms with Crippen LogP contribution >= 0.6 is 31.9 Å². The second-order valence-electron chi connectivity index (χ2n) is 6.60. The van der Waals surface area contributed by atoms with E-state index in [4.69, 9.17) is 4.74 Å². The molecule has 0 aromatic heterocycles. The highest BCUT2D eigenvalue weighted by Gasteiger charge is 2.26. The maximum Gasteiger partial charge on any atom is 0.410 e. The lowest BCUT2D eigenvalue weighted by atomic mass is 10.1. The van der Waals surface area contributed by atoms with Crippen molar-refractivity contribution < 1.29 is 13.9 Å². The average molecular weight is 464 g/mol. The fourth-order valence-electron chi connectivity index (χ4n) is 2.44. The molecular formula is C17H21Br2FN2O2. The van der Waals surface area contributed by atoms with Crippen molar-refractivity contribution >= 4 is 49.7 Å². The molecule has 0 spiro atoms. The highest BCUT2D eigenvalue weighted by atomic mass is 79.9. The number of piperazine rings is 1. The minimum atomic E-state index is -0.510. The van der Waals surface area contributed by atoms with Crippen LogP contribution in [0.15, 0.2) is 21.6 Å². The second-order valence-corrected chi connectivity index (χ2v) is 9.37. The molecule has 1 aromatic rings. The van der Waals surface area contributed by atoms with Crippen molar-refractivity contribution in [2.45, 2.75) is 26.4 Å². The van der Waals surface area contributed by atoms with Gasteiger partial charge in [0.15, 0.2) is 0 Å². The SMILES string of the molecule is CC(C)(C)OC(=O)N1CCN(c2cc(C=C(Br)Br)ccc2F)CC1. The monoisotopic (exact) mass is 462 g/mol. The Hall–Kier alpha value is -1.08. The summed E-state index contributed by atoms with van der Waals surface area (Å²) in [5.41, 5.74) is 0.933. The largest absolute Gasteiger partial charge is 0.444 e. The molecule has 2 rings (SSSR count). The lowest BCUT2D eigenvalue weighted by molar-refractivity contribution is 0.0240. The number of ether oxygens (including phenoxy) is 1. The number of halogens is 3. The summed E-state index contributed by atoms with van der Waals surface area (Å²) in [6, 6.07) is 4.99. The van der Waals surface area contributed by atoms with Crippen LogP contribution in [0, 0.1) is 5.82 Å². The maximum absolute atomic E-state index is 14.2. The topological polar surface area (TPSA) is 32.8 Å². The first-order chi connectivity index (χ1) is 11.2. The third-order valence-corrected chi connectivity index (χ3v) is 3.98. The molecule has 0 saturated carbocycles. The van der Waals surface area contributed by atoms with Crippen molar-refractivity contribution in [3.05, 3.63) is 33.0 Å². The van der Waals surface area contributed by atoms with Crippen molar-refractivity contribution in [1.82, 2.24) is 4.90 Å². The number of anilines is 1. The van der Waals surface area contributed by atoms with Crippen molar-refractivity contribution in [2.24, 2.45) is 0 Å². The summed E-state index contributed by atoms with van der Waals surface area (Å²) in [7, 11) is 0. The van der Waals surface area contributed by atoms with Gasteiger partial charge in [0.1, 0.15) is 11.4 Å². The molecule has 132 valence electrons. The van der Waals surface area contributed by atoms with Gasteiger partial charge in [0.05, 0.1) is 9.08 Å². The van der Waals surface area contributed by atoms with Crippen LogP contribution < -0.4 is 4.90 Å². The molecule has 0 unspecified atom stereocenters. The molecule has 0 atom stereocenters. The van der Waals surface area contributed by atoms with Crippen molar-refractivity contribution in [3.63, 3.8) is 0 Å². The van der Waals surface area contributed by atoms with E-state index >= 15 is 0 Å². The van der Waals surface area contributed by atoms with Gasteiger partial charge in [-0.05, 0) is 76.4 Å². The van der Waals surface area contributed by atoms with Crippen LogP contribution in [-0.4, -0.2) is 42.8 Å². The van der Waals surface area contributed by atoms with Crippen molar-refractivity contribution in [2.75, 3.05) is 31.1 Å². The third kappa shape index (κ3) is 5.48. The molecule has 1 heterocycles. The van der Waals surface area contributed by atoms with Crippen LogP contribution in [0.4, 0.5) is 14.9 Å². The molecule has 4 nitrogen and oxygen atoms in total. The molecule has 1 saturated heterocycles. The Bertz CT molecular complexity index is 632. The summed E-state index contributed by atoms with van der Waals surface area (Å²) >= 11 is 6.62. The lowest BCUT2D eigenvalue weighted by Crippen LogP contribution is -2.50. The first-order valence-electron chi connectivity index (χ1n) is 7.71. The molecule has 1 fully saturated rings. The summed E-state index contributed by atoms with van der Waals surface area (Å²) in [5.74, 6) is -0.261. The highest BCUT2D eigenvalue weighted by molar-refractivity contribution is 9.28. The smallest absolute Gasteiger partial charge is 0.410 e. The van der Waals surface area contributed by atoms with E-state index in [1.165, 1.54) is 6.07 Å². The Kier molecular flexibility index (Phi) is 6.31. The van der Waals surface area contributed by atoms with Crippen LogP contribution in [0.5, 0.6) is 0 Å². The number of hydrogen-bond acceptors (Lipinski definition) is 3. The molecule has 1 aliphatic rings. The Labute approximate surface area is 158 Å². The van der Waals surface area contributed by atoms with Crippen molar-refractivity contribution in [1.29, 1.82) is 0 Å². The highest BCUT2D eigenvalue weighted by Crippen LogP contribution is 2.26. The van der Waals surface area contributed by atoms with Gasteiger partial charge in [0.2, 0.25) is 0 Å². The predicted molar refractivity (Wildman–Crippen MR) is 102 cm³/mol. The van der Waals surface area contributed by atoms with Gasteiger partial charge in [-0.15, -0.1) is 0 Å². The summed E-state index contributed by atoms with van der Waals surface area (Å²) in [6.07, 6.45) is 1.54. The Morgan fingerprint density at radius 2 is 1.83 bits per heavy atom. The standard InChI is InChI=1S/C17H21Br2FN2O2/c1-17(2,3)24-16(23)22-8-6-21(7-9-22)14-10-12(11-15(18)19)4-5-13(14)20/h4-5,10-11H,6-9H2,1-3H3. The molecule has 0 radical (unpaired) electrons. The minimum Gasteiger partial charge on any atom is -0.444 e. The number of benzene rings is 1. The Balaban J connectivity index is 2.04. The fraction of sp³-hybridized carbons (Fsp3) is 0.471. The first kappa shape index (κ1) is 19.2. The zero-order chi connectivity index (χ0) is 17.9. The van der Waals surface area contributed by atoms with E-state index in [2.05, 4.69) is 31.9 Å². The molecule has 0 aliphatic carbocycles. The normalized spacial score (nSPS) is 15.2. The molecular weight excluding hydrogens is 443 g/mol. The second kappa shape index (κ2) is 7.87. The predicted octanol–water partition coefficient (Wildman–Crippen LogP) is 4.97. The molecule has 7 heteroatoms. The molecule has 0 bridgehead atoms. The van der Waals surface area contributed by atoms with E-state index in [-0.39, 0.29) is 11.9 Å². The molecule has 1 amide bonds. The van der Waals surface area contributed by atoms with Crippen LogP contribution in [0.3, 0.4) is 0 Å². The number of rotatable bonds is 2. The van der Waals surface area contributed by atoms with Gasteiger partial charge in [-0.25, -0.2) is 9.18 Å².